The minimum Gasteiger partial charge on any atom is -0.480 e. The Kier molecular flexibility index (Phi) is 3.52. The zero-order valence-electron chi connectivity index (χ0n) is 10.3. The number of nitrogens with zero attached hydrogens (tertiary/aromatic N) is 1. The highest BCUT2D eigenvalue weighted by atomic mass is 16.4. The van der Waals surface area contributed by atoms with Gasteiger partial charge in [0.25, 0.3) is 0 Å². The zero-order valence-corrected chi connectivity index (χ0v) is 10.3. The second kappa shape index (κ2) is 4.92. The van der Waals surface area contributed by atoms with E-state index in [4.69, 9.17) is 4.42 Å². The summed E-state index contributed by atoms with van der Waals surface area (Å²) in [5, 5.41) is 9.26. The third-order valence-electron chi connectivity index (χ3n) is 3.63. The molecule has 2 rings (SSSR count). The van der Waals surface area contributed by atoms with Gasteiger partial charge in [0.2, 0.25) is 0 Å². The maximum Gasteiger partial charge on any atom is 0.321 e. The lowest BCUT2D eigenvalue weighted by molar-refractivity contribution is -0.144. The number of aliphatic carboxylic acids is 1. The monoisotopic (exact) mass is 237 g/mol. The van der Waals surface area contributed by atoms with E-state index in [0.717, 1.165) is 25.1 Å². The summed E-state index contributed by atoms with van der Waals surface area (Å²) in [5.41, 5.74) is 0. The Morgan fingerprint density at radius 1 is 1.71 bits per heavy atom. The summed E-state index contributed by atoms with van der Waals surface area (Å²) in [5.74, 6) is 0.439. The van der Waals surface area contributed by atoms with Crippen LogP contribution in [0.1, 0.15) is 26.0 Å². The van der Waals surface area contributed by atoms with Gasteiger partial charge < -0.3 is 9.52 Å². The van der Waals surface area contributed by atoms with Crippen molar-refractivity contribution in [1.29, 1.82) is 0 Å². The Labute approximate surface area is 101 Å². The molecule has 0 saturated carbocycles. The summed E-state index contributed by atoms with van der Waals surface area (Å²) in [6.45, 7) is 4.94. The molecule has 0 aliphatic carbocycles. The van der Waals surface area contributed by atoms with Crippen molar-refractivity contribution >= 4 is 5.97 Å². The molecule has 1 fully saturated rings. The maximum absolute atomic E-state index is 11.3. The fourth-order valence-corrected chi connectivity index (χ4v) is 2.69. The molecule has 1 aliphatic rings. The van der Waals surface area contributed by atoms with Crippen LogP contribution in [0.25, 0.3) is 0 Å². The molecule has 1 aromatic heterocycles. The first-order chi connectivity index (χ1) is 8.09. The van der Waals surface area contributed by atoms with Crippen molar-refractivity contribution in [2.24, 2.45) is 5.92 Å². The van der Waals surface area contributed by atoms with Crippen molar-refractivity contribution < 1.29 is 14.3 Å². The number of carboxylic acids is 1. The average Bonchev–Trinajstić information content (AvgIpc) is 2.86. The summed E-state index contributed by atoms with van der Waals surface area (Å²) in [7, 11) is 0. The molecular formula is C13H19NO3. The molecular weight excluding hydrogens is 218 g/mol. The minimum absolute atomic E-state index is 0.201. The summed E-state index contributed by atoms with van der Waals surface area (Å²) in [4.78, 5) is 13.3. The molecule has 4 nitrogen and oxygen atoms in total. The van der Waals surface area contributed by atoms with E-state index in [2.05, 4.69) is 11.8 Å². The third kappa shape index (κ3) is 2.52. The average molecular weight is 237 g/mol. The minimum atomic E-state index is -0.707. The summed E-state index contributed by atoms with van der Waals surface area (Å²) in [6.07, 6.45) is 3.38. The molecule has 0 bridgehead atoms. The van der Waals surface area contributed by atoms with Crippen molar-refractivity contribution in [3.63, 3.8) is 0 Å². The molecule has 0 aromatic carbocycles. The molecule has 1 aliphatic heterocycles. The number of hydrogen-bond acceptors (Lipinski definition) is 3. The Bertz CT molecular complexity index is 374. The van der Waals surface area contributed by atoms with E-state index in [1.54, 1.807) is 6.26 Å². The van der Waals surface area contributed by atoms with Crippen LogP contribution in [0.5, 0.6) is 0 Å². The van der Waals surface area contributed by atoms with Crippen LogP contribution >= 0.6 is 0 Å². The summed E-state index contributed by atoms with van der Waals surface area (Å²) < 4.78 is 5.31. The lowest BCUT2D eigenvalue weighted by Gasteiger charge is -2.29. The van der Waals surface area contributed by atoms with Crippen molar-refractivity contribution in [3.05, 3.63) is 24.2 Å². The van der Waals surface area contributed by atoms with Crippen LogP contribution in [-0.2, 0) is 11.2 Å². The summed E-state index contributed by atoms with van der Waals surface area (Å²) in [6, 6.07) is 3.65. The van der Waals surface area contributed by atoms with Crippen LogP contribution in [0.3, 0.4) is 0 Å². The van der Waals surface area contributed by atoms with Gasteiger partial charge in [-0.15, -0.1) is 0 Å². The van der Waals surface area contributed by atoms with Gasteiger partial charge in [-0.2, -0.15) is 0 Å². The molecule has 0 radical (unpaired) electrons. The number of hydrogen-bond donors (Lipinski definition) is 1. The van der Waals surface area contributed by atoms with Crippen molar-refractivity contribution in [2.45, 2.75) is 38.8 Å². The van der Waals surface area contributed by atoms with Gasteiger partial charge in [0.15, 0.2) is 0 Å². The SMILES string of the molecule is CC1CCN(C(C)Cc2ccco2)C1C(=O)O. The first kappa shape index (κ1) is 12.2. The van der Waals surface area contributed by atoms with Crippen LogP contribution in [0, 0.1) is 5.92 Å². The highest BCUT2D eigenvalue weighted by molar-refractivity contribution is 5.74. The molecule has 3 unspecified atom stereocenters. The number of carbonyl (C=O) groups is 1. The normalized spacial score (nSPS) is 27.2. The van der Waals surface area contributed by atoms with Gasteiger partial charge >= 0.3 is 5.97 Å². The Balaban J connectivity index is 2.03. The molecule has 94 valence electrons. The largest absolute Gasteiger partial charge is 0.480 e. The van der Waals surface area contributed by atoms with Gasteiger partial charge in [0, 0.05) is 12.5 Å². The van der Waals surface area contributed by atoms with Gasteiger partial charge in [0.05, 0.1) is 6.26 Å². The van der Waals surface area contributed by atoms with Crippen molar-refractivity contribution in [2.75, 3.05) is 6.54 Å². The Hall–Kier alpha value is -1.29. The molecule has 1 N–H and O–H groups in total. The van der Waals surface area contributed by atoms with Crippen LogP contribution in [-0.4, -0.2) is 34.6 Å². The standard InChI is InChI=1S/C13H19NO3/c1-9-5-6-14(12(9)13(15)16)10(2)8-11-4-3-7-17-11/h3-4,7,9-10,12H,5-6,8H2,1-2H3,(H,15,16). The number of rotatable bonds is 4. The maximum atomic E-state index is 11.3. The van der Waals surface area contributed by atoms with E-state index in [9.17, 15) is 9.90 Å². The van der Waals surface area contributed by atoms with E-state index in [-0.39, 0.29) is 18.0 Å². The van der Waals surface area contributed by atoms with Crippen LogP contribution in [0.2, 0.25) is 0 Å². The Morgan fingerprint density at radius 2 is 2.47 bits per heavy atom. The molecule has 0 amide bonds. The molecule has 0 spiro atoms. The third-order valence-corrected chi connectivity index (χ3v) is 3.63. The molecule has 1 saturated heterocycles. The molecule has 1 aromatic rings. The lowest BCUT2D eigenvalue weighted by Crippen LogP contribution is -2.44. The topological polar surface area (TPSA) is 53.7 Å². The predicted molar refractivity (Wildman–Crippen MR) is 63.8 cm³/mol. The fraction of sp³-hybridized carbons (Fsp3) is 0.615. The number of furan rings is 1. The quantitative estimate of drug-likeness (QED) is 0.870. The highest BCUT2D eigenvalue weighted by Crippen LogP contribution is 2.27. The van der Waals surface area contributed by atoms with E-state index in [0.29, 0.717) is 0 Å². The van der Waals surface area contributed by atoms with Crippen LogP contribution in [0.4, 0.5) is 0 Å². The van der Waals surface area contributed by atoms with Gasteiger partial charge in [-0.3, -0.25) is 9.69 Å². The van der Waals surface area contributed by atoms with E-state index < -0.39 is 5.97 Å². The van der Waals surface area contributed by atoms with Crippen molar-refractivity contribution in [1.82, 2.24) is 4.90 Å². The second-order valence-electron chi connectivity index (χ2n) is 4.92. The van der Waals surface area contributed by atoms with E-state index in [1.807, 2.05) is 19.1 Å². The first-order valence-electron chi connectivity index (χ1n) is 6.10. The van der Waals surface area contributed by atoms with Crippen molar-refractivity contribution in [3.8, 4) is 0 Å². The highest BCUT2D eigenvalue weighted by Gasteiger charge is 2.38. The van der Waals surface area contributed by atoms with Gasteiger partial charge in [-0.05, 0) is 37.9 Å². The second-order valence-corrected chi connectivity index (χ2v) is 4.92. The zero-order chi connectivity index (χ0) is 12.4. The molecule has 4 heteroatoms. The number of carboxylic acid groups (broad SMARTS) is 1. The molecule has 3 atom stereocenters. The molecule has 17 heavy (non-hydrogen) atoms. The van der Waals surface area contributed by atoms with Gasteiger partial charge in [0.1, 0.15) is 11.8 Å². The van der Waals surface area contributed by atoms with Gasteiger partial charge in [-0.25, -0.2) is 0 Å². The lowest BCUT2D eigenvalue weighted by atomic mass is 10.0. The first-order valence-corrected chi connectivity index (χ1v) is 6.10. The Morgan fingerprint density at radius 3 is 3.06 bits per heavy atom. The summed E-state index contributed by atoms with van der Waals surface area (Å²) >= 11 is 0. The van der Waals surface area contributed by atoms with Gasteiger partial charge in [-0.1, -0.05) is 6.92 Å². The molecule has 2 heterocycles. The van der Waals surface area contributed by atoms with Crippen LogP contribution < -0.4 is 0 Å². The van der Waals surface area contributed by atoms with E-state index >= 15 is 0 Å². The van der Waals surface area contributed by atoms with Crippen LogP contribution in [0.15, 0.2) is 22.8 Å². The fourth-order valence-electron chi connectivity index (χ4n) is 2.69. The van der Waals surface area contributed by atoms with E-state index in [1.165, 1.54) is 0 Å². The smallest absolute Gasteiger partial charge is 0.321 e. The predicted octanol–water partition coefficient (Wildman–Crippen LogP) is 2.01. The number of likely N-dealkylation sites (tertiary alicyclic amines) is 1.